The highest BCUT2D eigenvalue weighted by Crippen LogP contribution is 2.37. The number of hydrogen-bond acceptors (Lipinski definition) is 2. The highest BCUT2D eigenvalue weighted by atomic mass is 35.5. The molecule has 0 saturated heterocycles. The molecule has 1 amide bonds. The van der Waals surface area contributed by atoms with E-state index in [4.69, 9.17) is 11.6 Å². The van der Waals surface area contributed by atoms with Crippen LogP contribution in [0, 0.1) is 0 Å². The summed E-state index contributed by atoms with van der Waals surface area (Å²) in [5.41, 5.74) is 3.32. The molecule has 0 saturated carbocycles. The zero-order valence-corrected chi connectivity index (χ0v) is 14.7. The summed E-state index contributed by atoms with van der Waals surface area (Å²) in [5, 5.41) is 4.92. The lowest BCUT2D eigenvalue weighted by molar-refractivity contribution is 0.0951. The Kier molecular flexibility index (Phi) is 4.17. The summed E-state index contributed by atoms with van der Waals surface area (Å²) in [6, 6.07) is 11.0. The van der Waals surface area contributed by atoms with Crippen molar-refractivity contribution in [3.8, 4) is 5.00 Å². The van der Waals surface area contributed by atoms with Crippen LogP contribution in [-0.4, -0.2) is 10.5 Å². The second-order valence-corrected chi connectivity index (χ2v) is 7.44. The molecule has 1 aromatic carbocycles. The maximum absolute atomic E-state index is 12.4. The molecule has 1 aliphatic carbocycles. The van der Waals surface area contributed by atoms with Crippen LogP contribution in [0.4, 0.5) is 0 Å². The van der Waals surface area contributed by atoms with Crippen LogP contribution in [0.25, 0.3) is 5.00 Å². The van der Waals surface area contributed by atoms with Crippen LogP contribution in [0.3, 0.4) is 0 Å². The second kappa shape index (κ2) is 6.46. The van der Waals surface area contributed by atoms with E-state index in [9.17, 15) is 4.79 Å². The van der Waals surface area contributed by atoms with Gasteiger partial charge in [0.1, 0.15) is 5.00 Å². The first kappa shape index (κ1) is 15.5. The molecule has 1 N–H and O–H groups in total. The molecule has 1 aliphatic rings. The molecule has 3 aromatic rings. The molecule has 2 heterocycles. The van der Waals surface area contributed by atoms with Gasteiger partial charge in [-0.25, -0.2) is 0 Å². The van der Waals surface area contributed by atoms with E-state index in [-0.39, 0.29) is 5.91 Å². The molecule has 3 nitrogen and oxygen atoms in total. The number of halogens is 1. The average Bonchev–Trinajstić information content (AvgIpc) is 3.30. The summed E-state index contributed by atoms with van der Waals surface area (Å²) in [5.74, 6) is -0.0666. The average molecular weight is 357 g/mol. The normalized spacial score (nSPS) is 13.0. The van der Waals surface area contributed by atoms with Gasteiger partial charge in [0, 0.05) is 40.0 Å². The van der Waals surface area contributed by atoms with Gasteiger partial charge in [-0.05, 0) is 61.2 Å². The maximum atomic E-state index is 12.4. The number of carbonyl (C=O) groups excluding carboxylic acids is 1. The summed E-state index contributed by atoms with van der Waals surface area (Å²) in [4.78, 5) is 13.9. The summed E-state index contributed by atoms with van der Waals surface area (Å²) in [6.45, 7) is 0.556. The van der Waals surface area contributed by atoms with Crippen LogP contribution in [0.2, 0.25) is 5.02 Å². The van der Waals surface area contributed by atoms with Gasteiger partial charge in [0.2, 0.25) is 0 Å². The molecule has 122 valence electrons. The number of benzene rings is 1. The van der Waals surface area contributed by atoms with Gasteiger partial charge < -0.3 is 9.88 Å². The summed E-state index contributed by atoms with van der Waals surface area (Å²) in [6.07, 6.45) is 7.60. The molecule has 0 unspecified atom stereocenters. The number of carbonyl (C=O) groups is 1. The van der Waals surface area contributed by atoms with Gasteiger partial charge in [-0.15, -0.1) is 11.3 Å². The predicted molar refractivity (Wildman–Crippen MR) is 98.3 cm³/mol. The monoisotopic (exact) mass is 356 g/mol. The van der Waals surface area contributed by atoms with Crippen molar-refractivity contribution in [2.75, 3.05) is 0 Å². The van der Waals surface area contributed by atoms with Crippen LogP contribution >= 0.6 is 22.9 Å². The number of aryl methyl sites for hydroxylation is 1. The SMILES string of the molecule is O=C(NCc1c(-n2cccc2)sc2c1CCC2)c1ccc(Cl)cc1. The van der Waals surface area contributed by atoms with Crippen molar-refractivity contribution in [1.29, 1.82) is 0 Å². The molecular formula is C19H17ClN2OS. The molecule has 0 radical (unpaired) electrons. The first-order valence-electron chi connectivity index (χ1n) is 8.03. The van der Waals surface area contributed by atoms with Crippen molar-refractivity contribution < 1.29 is 4.79 Å². The van der Waals surface area contributed by atoms with E-state index in [2.05, 4.69) is 22.3 Å². The number of nitrogens with one attached hydrogen (secondary N) is 1. The lowest BCUT2D eigenvalue weighted by Crippen LogP contribution is -2.23. The highest BCUT2D eigenvalue weighted by molar-refractivity contribution is 7.15. The lowest BCUT2D eigenvalue weighted by atomic mass is 10.1. The molecule has 4 rings (SSSR count). The molecule has 2 aromatic heterocycles. The van der Waals surface area contributed by atoms with Gasteiger partial charge in [-0.1, -0.05) is 11.6 Å². The Morgan fingerprint density at radius 2 is 1.92 bits per heavy atom. The van der Waals surface area contributed by atoms with Crippen LogP contribution in [0.1, 0.15) is 32.8 Å². The quantitative estimate of drug-likeness (QED) is 0.727. The van der Waals surface area contributed by atoms with Crippen molar-refractivity contribution >= 4 is 28.8 Å². The van der Waals surface area contributed by atoms with Crippen molar-refractivity contribution in [3.63, 3.8) is 0 Å². The first-order chi connectivity index (χ1) is 11.7. The van der Waals surface area contributed by atoms with Gasteiger partial charge >= 0.3 is 0 Å². The van der Waals surface area contributed by atoms with E-state index >= 15 is 0 Å². The minimum absolute atomic E-state index is 0.0666. The number of amides is 1. The maximum Gasteiger partial charge on any atom is 0.251 e. The Labute approximate surface area is 149 Å². The fourth-order valence-corrected chi connectivity index (χ4v) is 4.69. The van der Waals surface area contributed by atoms with E-state index in [1.807, 2.05) is 23.5 Å². The highest BCUT2D eigenvalue weighted by Gasteiger charge is 2.23. The van der Waals surface area contributed by atoms with E-state index in [1.165, 1.54) is 27.4 Å². The number of rotatable bonds is 4. The summed E-state index contributed by atoms with van der Waals surface area (Å²) < 4.78 is 2.15. The Morgan fingerprint density at radius 1 is 1.17 bits per heavy atom. The van der Waals surface area contributed by atoms with Gasteiger partial charge in [0.05, 0.1) is 0 Å². The molecule has 0 atom stereocenters. The van der Waals surface area contributed by atoms with Gasteiger partial charge in [0.25, 0.3) is 5.91 Å². The largest absolute Gasteiger partial charge is 0.348 e. The third kappa shape index (κ3) is 2.87. The third-order valence-electron chi connectivity index (χ3n) is 4.38. The van der Waals surface area contributed by atoms with E-state index in [0.717, 1.165) is 12.8 Å². The van der Waals surface area contributed by atoms with Crippen LogP contribution in [-0.2, 0) is 19.4 Å². The fraction of sp³-hybridized carbons (Fsp3) is 0.211. The first-order valence-corrected chi connectivity index (χ1v) is 9.22. The number of nitrogens with zero attached hydrogens (tertiary/aromatic N) is 1. The number of fused-ring (bicyclic) bond motifs is 1. The molecule has 5 heteroatoms. The smallest absolute Gasteiger partial charge is 0.251 e. The topological polar surface area (TPSA) is 34.0 Å². The Balaban J connectivity index is 1.58. The molecule has 24 heavy (non-hydrogen) atoms. The Bertz CT molecular complexity index is 866. The van der Waals surface area contributed by atoms with Crippen molar-refractivity contribution in [2.45, 2.75) is 25.8 Å². The molecule has 0 fully saturated rings. The standard InChI is InChI=1S/C19H17ClN2OS/c20-14-8-6-13(7-9-14)18(23)21-12-16-15-4-3-5-17(15)24-19(16)22-10-1-2-11-22/h1-2,6-11H,3-5,12H2,(H,21,23). The molecule has 0 spiro atoms. The van der Waals surface area contributed by atoms with Crippen molar-refractivity contribution in [2.24, 2.45) is 0 Å². The molecule has 0 aliphatic heterocycles. The Morgan fingerprint density at radius 3 is 2.67 bits per heavy atom. The number of thiophene rings is 1. The lowest BCUT2D eigenvalue weighted by Gasteiger charge is -2.10. The predicted octanol–water partition coefficient (Wildman–Crippen LogP) is 4.61. The zero-order valence-electron chi connectivity index (χ0n) is 13.1. The zero-order chi connectivity index (χ0) is 16.5. The van der Waals surface area contributed by atoms with Gasteiger partial charge in [-0.2, -0.15) is 0 Å². The van der Waals surface area contributed by atoms with Gasteiger partial charge in [0.15, 0.2) is 0 Å². The van der Waals surface area contributed by atoms with Crippen LogP contribution in [0.5, 0.6) is 0 Å². The minimum atomic E-state index is -0.0666. The van der Waals surface area contributed by atoms with Crippen molar-refractivity contribution in [1.82, 2.24) is 9.88 Å². The Hall–Kier alpha value is -2.04. The summed E-state index contributed by atoms with van der Waals surface area (Å²) in [7, 11) is 0. The summed E-state index contributed by atoms with van der Waals surface area (Å²) >= 11 is 7.73. The molecular weight excluding hydrogens is 340 g/mol. The number of aromatic nitrogens is 1. The van der Waals surface area contributed by atoms with Crippen molar-refractivity contribution in [3.05, 3.63) is 75.4 Å². The third-order valence-corrected chi connectivity index (χ3v) is 5.98. The molecule has 0 bridgehead atoms. The van der Waals surface area contributed by atoms with Crippen LogP contribution < -0.4 is 5.32 Å². The van der Waals surface area contributed by atoms with Crippen LogP contribution in [0.15, 0.2) is 48.8 Å². The van der Waals surface area contributed by atoms with E-state index in [1.54, 1.807) is 24.3 Å². The van der Waals surface area contributed by atoms with E-state index in [0.29, 0.717) is 17.1 Å². The second-order valence-electron chi connectivity index (χ2n) is 5.92. The fourth-order valence-electron chi connectivity index (χ4n) is 3.19. The van der Waals surface area contributed by atoms with E-state index < -0.39 is 0 Å². The number of hydrogen-bond donors (Lipinski definition) is 1. The minimum Gasteiger partial charge on any atom is -0.348 e. The van der Waals surface area contributed by atoms with Gasteiger partial charge in [-0.3, -0.25) is 4.79 Å².